The van der Waals surface area contributed by atoms with Crippen LogP contribution in [0.2, 0.25) is 0 Å². The molecule has 3 rings (SSSR count). The number of para-hydroxylation sites is 1. The molecule has 0 saturated carbocycles. The fraction of sp³-hybridized carbons (Fsp3) is 0.308. The number of carbonyl (C=O) groups excluding carboxylic acids is 2. The molecule has 3 aromatic rings. The van der Waals surface area contributed by atoms with Crippen LogP contribution in [-0.4, -0.2) is 55.5 Å². The lowest BCUT2D eigenvalue weighted by molar-refractivity contribution is -0.133. The molecule has 1 aromatic heterocycles. The Balaban J connectivity index is 1.84. The lowest BCUT2D eigenvalue weighted by Crippen LogP contribution is -2.43. The second kappa shape index (κ2) is 12.3. The van der Waals surface area contributed by atoms with Crippen LogP contribution >= 0.6 is 11.3 Å². The molecule has 34 heavy (non-hydrogen) atoms. The summed E-state index contributed by atoms with van der Waals surface area (Å²) in [5, 5.41) is 1.99. The van der Waals surface area contributed by atoms with Crippen LogP contribution in [0.1, 0.15) is 26.4 Å². The summed E-state index contributed by atoms with van der Waals surface area (Å²) >= 11 is 1.58. The van der Waals surface area contributed by atoms with Crippen LogP contribution in [0, 0.1) is 12.7 Å². The molecule has 0 unspecified atom stereocenters. The predicted octanol–water partition coefficient (Wildman–Crippen LogP) is 4.52. The van der Waals surface area contributed by atoms with Gasteiger partial charge in [0.1, 0.15) is 18.1 Å². The van der Waals surface area contributed by atoms with Crippen LogP contribution in [0.15, 0.2) is 60.0 Å². The zero-order chi connectivity index (χ0) is 24.5. The Morgan fingerprint density at radius 2 is 1.71 bits per heavy atom. The second-order valence-corrected chi connectivity index (χ2v) is 8.82. The monoisotopic (exact) mass is 484 g/mol. The number of halogens is 1. The summed E-state index contributed by atoms with van der Waals surface area (Å²) in [5.41, 5.74) is 2.29. The summed E-state index contributed by atoms with van der Waals surface area (Å²) in [6.07, 6.45) is 0. The van der Waals surface area contributed by atoms with E-state index in [1.807, 2.05) is 18.4 Å². The number of rotatable bonds is 11. The highest BCUT2D eigenvalue weighted by Crippen LogP contribution is 2.22. The molecule has 0 aliphatic rings. The van der Waals surface area contributed by atoms with Gasteiger partial charge in [-0.2, -0.15) is 0 Å². The number of benzene rings is 2. The molecule has 0 spiro atoms. The molecule has 8 heteroatoms. The first-order chi connectivity index (χ1) is 16.4. The van der Waals surface area contributed by atoms with Crippen LogP contribution < -0.4 is 4.74 Å². The van der Waals surface area contributed by atoms with Crippen molar-refractivity contribution in [2.75, 3.05) is 33.9 Å². The van der Waals surface area contributed by atoms with Gasteiger partial charge in [0.15, 0.2) is 0 Å². The Kier molecular flexibility index (Phi) is 9.18. The van der Waals surface area contributed by atoms with E-state index in [0.29, 0.717) is 24.4 Å². The molecule has 6 nitrogen and oxygen atoms in total. The van der Waals surface area contributed by atoms with Gasteiger partial charge in [-0.25, -0.2) is 4.39 Å². The molecule has 0 aliphatic heterocycles. The fourth-order valence-corrected chi connectivity index (χ4v) is 4.41. The van der Waals surface area contributed by atoms with Crippen molar-refractivity contribution in [1.29, 1.82) is 0 Å². The zero-order valence-corrected chi connectivity index (χ0v) is 20.4. The SMILES string of the molecule is COCCN(CC(=O)N(Cc1ccc(F)cc1)Cc1sccc1C)C(=O)c1ccccc1OC. The third-order valence-corrected chi connectivity index (χ3v) is 6.47. The highest BCUT2D eigenvalue weighted by atomic mass is 32.1. The topological polar surface area (TPSA) is 59.1 Å². The van der Waals surface area contributed by atoms with Crippen molar-refractivity contribution in [3.05, 3.63) is 87.4 Å². The molecule has 0 atom stereocenters. The summed E-state index contributed by atoms with van der Waals surface area (Å²) in [5.74, 6) is -0.406. The Labute approximate surface area is 203 Å². The van der Waals surface area contributed by atoms with Crippen LogP contribution in [-0.2, 0) is 22.6 Å². The van der Waals surface area contributed by atoms with E-state index in [9.17, 15) is 14.0 Å². The summed E-state index contributed by atoms with van der Waals surface area (Å²) in [6.45, 7) is 3.13. The number of hydrogen-bond donors (Lipinski definition) is 0. The quantitative estimate of drug-likeness (QED) is 0.402. The number of ether oxygens (including phenoxy) is 2. The molecule has 0 fully saturated rings. The number of methoxy groups -OCH3 is 2. The minimum Gasteiger partial charge on any atom is -0.496 e. The van der Waals surface area contributed by atoms with Gasteiger partial charge < -0.3 is 19.3 Å². The van der Waals surface area contributed by atoms with Crippen LogP contribution in [0.25, 0.3) is 0 Å². The van der Waals surface area contributed by atoms with Crippen molar-refractivity contribution < 1.29 is 23.5 Å². The largest absolute Gasteiger partial charge is 0.496 e. The summed E-state index contributed by atoms with van der Waals surface area (Å²) in [6, 6.07) is 15.0. The Morgan fingerprint density at radius 3 is 2.35 bits per heavy atom. The third-order valence-electron chi connectivity index (χ3n) is 5.46. The van der Waals surface area contributed by atoms with E-state index in [4.69, 9.17) is 9.47 Å². The summed E-state index contributed by atoms with van der Waals surface area (Å²) < 4.78 is 23.9. The number of hydrogen-bond acceptors (Lipinski definition) is 5. The van der Waals surface area contributed by atoms with Gasteiger partial charge >= 0.3 is 0 Å². The van der Waals surface area contributed by atoms with Crippen LogP contribution in [0.3, 0.4) is 0 Å². The molecule has 0 saturated heterocycles. The van der Waals surface area contributed by atoms with Crippen molar-refractivity contribution in [2.24, 2.45) is 0 Å². The number of carbonyl (C=O) groups is 2. The Hall–Kier alpha value is -3.23. The van der Waals surface area contributed by atoms with Gasteiger partial charge in [0.05, 0.1) is 25.8 Å². The maximum atomic E-state index is 13.5. The van der Waals surface area contributed by atoms with Crippen molar-refractivity contribution >= 4 is 23.2 Å². The van der Waals surface area contributed by atoms with E-state index in [1.165, 1.54) is 24.1 Å². The molecule has 180 valence electrons. The molecule has 0 N–H and O–H groups in total. The minimum atomic E-state index is -0.330. The summed E-state index contributed by atoms with van der Waals surface area (Å²) in [7, 11) is 3.05. The maximum Gasteiger partial charge on any atom is 0.258 e. The first-order valence-corrected chi connectivity index (χ1v) is 11.8. The lowest BCUT2D eigenvalue weighted by Gasteiger charge is -2.28. The van der Waals surface area contributed by atoms with Gasteiger partial charge in [0, 0.05) is 25.1 Å². The van der Waals surface area contributed by atoms with E-state index in [1.54, 1.807) is 59.7 Å². The molecule has 0 aliphatic carbocycles. The highest BCUT2D eigenvalue weighted by molar-refractivity contribution is 7.10. The number of aryl methyl sites for hydroxylation is 1. The van der Waals surface area contributed by atoms with Gasteiger partial charge in [0.2, 0.25) is 5.91 Å². The maximum absolute atomic E-state index is 13.5. The average Bonchev–Trinajstić information content (AvgIpc) is 3.26. The number of nitrogens with zero attached hydrogens (tertiary/aromatic N) is 2. The van der Waals surface area contributed by atoms with Crippen molar-refractivity contribution in [3.8, 4) is 5.75 Å². The van der Waals surface area contributed by atoms with Gasteiger partial charge in [-0.3, -0.25) is 9.59 Å². The van der Waals surface area contributed by atoms with E-state index in [0.717, 1.165) is 16.0 Å². The normalized spacial score (nSPS) is 10.7. The zero-order valence-electron chi connectivity index (χ0n) is 19.6. The number of amides is 2. The van der Waals surface area contributed by atoms with Crippen LogP contribution in [0.4, 0.5) is 4.39 Å². The second-order valence-electron chi connectivity index (χ2n) is 7.82. The third kappa shape index (κ3) is 6.65. The van der Waals surface area contributed by atoms with Gasteiger partial charge in [-0.05, 0) is 53.8 Å². The van der Waals surface area contributed by atoms with Crippen molar-refractivity contribution in [1.82, 2.24) is 9.80 Å². The molecular formula is C26H29FN2O4S. The van der Waals surface area contributed by atoms with Crippen molar-refractivity contribution in [3.63, 3.8) is 0 Å². The van der Waals surface area contributed by atoms with Gasteiger partial charge in [-0.15, -0.1) is 11.3 Å². The average molecular weight is 485 g/mol. The molecule has 2 aromatic carbocycles. The van der Waals surface area contributed by atoms with Gasteiger partial charge in [0.25, 0.3) is 5.91 Å². The molecule has 1 heterocycles. The predicted molar refractivity (Wildman–Crippen MR) is 130 cm³/mol. The molecule has 2 amide bonds. The van der Waals surface area contributed by atoms with E-state index in [-0.39, 0.29) is 37.3 Å². The van der Waals surface area contributed by atoms with Crippen molar-refractivity contribution in [2.45, 2.75) is 20.0 Å². The fourth-order valence-electron chi connectivity index (χ4n) is 3.49. The summed E-state index contributed by atoms with van der Waals surface area (Å²) in [4.78, 5) is 31.1. The standard InChI is InChI=1S/C26H29FN2O4S/c1-19-12-15-34-24(19)17-29(16-20-8-10-21(27)11-9-20)25(30)18-28(13-14-32-2)26(31)22-6-4-5-7-23(22)33-3/h4-12,15H,13-14,16-18H2,1-3H3. The molecule has 0 radical (unpaired) electrons. The Morgan fingerprint density at radius 1 is 0.971 bits per heavy atom. The first-order valence-electron chi connectivity index (χ1n) is 10.9. The van der Waals surface area contributed by atoms with E-state index >= 15 is 0 Å². The number of thiophene rings is 1. The van der Waals surface area contributed by atoms with E-state index in [2.05, 4.69) is 0 Å². The molecular weight excluding hydrogens is 455 g/mol. The van der Waals surface area contributed by atoms with E-state index < -0.39 is 0 Å². The molecule has 0 bridgehead atoms. The first kappa shape index (κ1) is 25.4. The van der Waals surface area contributed by atoms with Crippen LogP contribution in [0.5, 0.6) is 5.75 Å². The van der Waals surface area contributed by atoms with Gasteiger partial charge in [-0.1, -0.05) is 24.3 Å². The highest BCUT2D eigenvalue weighted by Gasteiger charge is 2.25. The minimum absolute atomic E-state index is 0.119. The lowest BCUT2D eigenvalue weighted by atomic mass is 10.1. The smallest absolute Gasteiger partial charge is 0.258 e. The Bertz CT molecular complexity index is 1100.